The molecule has 2 rings (SSSR count). The summed E-state index contributed by atoms with van der Waals surface area (Å²) in [6.45, 7) is 2.19. The molecule has 1 aliphatic carbocycles. The Morgan fingerprint density at radius 3 is 2.70 bits per heavy atom. The molecule has 0 heterocycles. The molecule has 1 amide bonds. The highest BCUT2D eigenvalue weighted by molar-refractivity contribution is 6.34. The van der Waals surface area contributed by atoms with Gasteiger partial charge in [0.25, 0.3) is 5.91 Å². The molecule has 20 heavy (non-hydrogen) atoms. The fourth-order valence-electron chi connectivity index (χ4n) is 2.59. The van der Waals surface area contributed by atoms with Gasteiger partial charge in [0.1, 0.15) is 0 Å². The molecular weight excluding hydrogens is 272 g/mol. The lowest BCUT2D eigenvalue weighted by Crippen LogP contribution is -2.24. The zero-order valence-electron chi connectivity index (χ0n) is 12.4. The second-order valence-electron chi connectivity index (χ2n) is 5.97. The number of hydrogen-bond donors (Lipinski definition) is 1. The van der Waals surface area contributed by atoms with Crippen molar-refractivity contribution in [3.8, 4) is 0 Å². The average Bonchev–Trinajstić information content (AvgIpc) is 2.35. The standard InChI is InChI=1S/C16H23ClN2O/c1-11(9-12-5-4-6-12)18-13-7-8-15(17)14(10-13)16(20)19(2)3/h7-8,10-12,18H,4-6,9H2,1-3H3. The van der Waals surface area contributed by atoms with Crippen molar-refractivity contribution < 1.29 is 4.79 Å². The lowest BCUT2D eigenvalue weighted by Gasteiger charge is -2.29. The maximum absolute atomic E-state index is 12.1. The van der Waals surface area contributed by atoms with Crippen LogP contribution in [0.5, 0.6) is 0 Å². The summed E-state index contributed by atoms with van der Waals surface area (Å²) in [6.07, 6.45) is 5.29. The van der Waals surface area contributed by atoms with Gasteiger partial charge in [-0.05, 0) is 37.5 Å². The van der Waals surface area contributed by atoms with Crippen molar-refractivity contribution >= 4 is 23.2 Å². The average molecular weight is 295 g/mol. The van der Waals surface area contributed by atoms with E-state index in [1.54, 1.807) is 25.1 Å². The van der Waals surface area contributed by atoms with Crippen LogP contribution >= 0.6 is 11.6 Å². The number of carbonyl (C=O) groups is 1. The Hall–Kier alpha value is -1.22. The molecule has 1 aliphatic rings. The van der Waals surface area contributed by atoms with Gasteiger partial charge in [0.2, 0.25) is 0 Å². The van der Waals surface area contributed by atoms with Crippen LogP contribution in [0.4, 0.5) is 5.69 Å². The van der Waals surface area contributed by atoms with E-state index in [-0.39, 0.29) is 5.91 Å². The summed E-state index contributed by atoms with van der Waals surface area (Å²) < 4.78 is 0. The molecule has 0 bridgehead atoms. The minimum absolute atomic E-state index is 0.0645. The van der Waals surface area contributed by atoms with E-state index in [0.29, 0.717) is 16.6 Å². The molecule has 1 unspecified atom stereocenters. The molecule has 1 aromatic carbocycles. The zero-order chi connectivity index (χ0) is 14.7. The Kier molecular flexibility index (Phi) is 4.92. The van der Waals surface area contributed by atoms with E-state index in [1.807, 2.05) is 12.1 Å². The molecule has 1 atom stereocenters. The molecule has 110 valence electrons. The van der Waals surface area contributed by atoms with Gasteiger partial charge in [-0.3, -0.25) is 4.79 Å². The molecule has 1 fully saturated rings. The van der Waals surface area contributed by atoms with Gasteiger partial charge in [-0.25, -0.2) is 0 Å². The van der Waals surface area contributed by atoms with Crippen LogP contribution in [-0.4, -0.2) is 30.9 Å². The lowest BCUT2D eigenvalue weighted by molar-refractivity contribution is 0.0828. The van der Waals surface area contributed by atoms with E-state index < -0.39 is 0 Å². The maximum atomic E-state index is 12.1. The van der Waals surface area contributed by atoms with Crippen molar-refractivity contribution in [2.75, 3.05) is 19.4 Å². The molecule has 4 heteroatoms. The predicted molar refractivity (Wildman–Crippen MR) is 84.5 cm³/mol. The highest BCUT2D eigenvalue weighted by atomic mass is 35.5. The third-order valence-electron chi connectivity index (χ3n) is 3.93. The van der Waals surface area contributed by atoms with Crippen LogP contribution in [-0.2, 0) is 0 Å². The van der Waals surface area contributed by atoms with Gasteiger partial charge >= 0.3 is 0 Å². The Labute approximate surface area is 126 Å². The monoisotopic (exact) mass is 294 g/mol. The van der Waals surface area contributed by atoms with Crippen molar-refractivity contribution in [1.82, 2.24) is 4.90 Å². The first-order chi connectivity index (χ1) is 9.47. The van der Waals surface area contributed by atoms with E-state index in [0.717, 1.165) is 11.6 Å². The highest BCUT2D eigenvalue weighted by Crippen LogP contribution is 2.31. The first kappa shape index (κ1) is 15.2. The van der Waals surface area contributed by atoms with Crippen LogP contribution in [0, 0.1) is 5.92 Å². The van der Waals surface area contributed by atoms with Crippen molar-refractivity contribution in [3.05, 3.63) is 28.8 Å². The van der Waals surface area contributed by atoms with Crippen LogP contribution in [0.1, 0.15) is 43.0 Å². The van der Waals surface area contributed by atoms with Crippen molar-refractivity contribution in [2.24, 2.45) is 5.92 Å². The topological polar surface area (TPSA) is 32.3 Å². The molecule has 1 saturated carbocycles. The number of amides is 1. The SMILES string of the molecule is CC(CC1CCC1)Nc1ccc(Cl)c(C(=O)N(C)C)c1. The number of nitrogens with zero attached hydrogens (tertiary/aromatic N) is 1. The molecule has 1 N–H and O–H groups in total. The molecule has 0 aromatic heterocycles. The van der Waals surface area contributed by atoms with Crippen LogP contribution < -0.4 is 5.32 Å². The van der Waals surface area contributed by atoms with Gasteiger partial charge in [-0.15, -0.1) is 0 Å². The molecule has 0 spiro atoms. The summed E-state index contributed by atoms with van der Waals surface area (Å²) in [5, 5.41) is 3.97. The fraction of sp³-hybridized carbons (Fsp3) is 0.562. The fourth-order valence-corrected chi connectivity index (χ4v) is 2.79. The Morgan fingerprint density at radius 2 is 2.15 bits per heavy atom. The summed E-state index contributed by atoms with van der Waals surface area (Å²) >= 11 is 6.11. The lowest BCUT2D eigenvalue weighted by atomic mass is 9.81. The van der Waals surface area contributed by atoms with E-state index in [9.17, 15) is 4.79 Å². The van der Waals surface area contributed by atoms with Crippen molar-refractivity contribution in [1.29, 1.82) is 0 Å². The summed E-state index contributed by atoms with van der Waals surface area (Å²) in [5.74, 6) is 0.804. The number of benzene rings is 1. The third kappa shape index (κ3) is 3.66. The Morgan fingerprint density at radius 1 is 1.45 bits per heavy atom. The smallest absolute Gasteiger partial charge is 0.254 e. The summed E-state index contributed by atoms with van der Waals surface area (Å²) in [5.41, 5.74) is 1.52. The van der Waals surface area contributed by atoms with Crippen LogP contribution in [0.15, 0.2) is 18.2 Å². The number of nitrogens with one attached hydrogen (secondary N) is 1. The molecule has 1 aromatic rings. The van der Waals surface area contributed by atoms with Crippen LogP contribution in [0.25, 0.3) is 0 Å². The van der Waals surface area contributed by atoms with E-state index in [4.69, 9.17) is 11.6 Å². The predicted octanol–water partition coefficient (Wildman–Crippen LogP) is 4.03. The molecule has 0 aliphatic heterocycles. The van der Waals surface area contributed by atoms with Crippen molar-refractivity contribution in [3.63, 3.8) is 0 Å². The van der Waals surface area contributed by atoms with Crippen molar-refractivity contribution in [2.45, 2.75) is 38.6 Å². The van der Waals surface area contributed by atoms with Gasteiger partial charge in [-0.1, -0.05) is 30.9 Å². The minimum Gasteiger partial charge on any atom is -0.383 e. The van der Waals surface area contributed by atoms with Gasteiger partial charge in [0, 0.05) is 25.8 Å². The number of carbonyl (C=O) groups excluding carboxylic acids is 1. The van der Waals surface area contributed by atoms with E-state index >= 15 is 0 Å². The van der Waals surface area contributed by atoms with Crippen LogP contribution in [0.2, 0.25) is 5.02 Å². The molecule has 0 saturated heterocycles. The van der Waals surface area contributed by atoms with Crippen LogP contribution in [0.3, 0.4) is 0 Å². The van der Waals surface area contributed by atoms with E-state index in [1.165, 1.54) is 25.7 Å². The van der Waals surface area contributed by atoms with Gasteiger partial charge < -0.3 is 10.2 Å². The normalized spacial score (nSPS) is 16.4. The molecule has 0 radical (unpaired) electrons. The van der Waals surface area contributed by atoms with Gasteiger partial charge in [0.15, 0.2) is 0 Å². The second kappa shape index (κ2) is 6.49. The summed E-state index contributed by atoms with van der Waals surface area (Å²) in [6, 6.07) is 5.99. The second-order valence-corrected chi connectivity index (χ2v) is 6.38. The molecular formula is C16H23ClN2O. The zero-order valence-corrected chi connectivity index (χ0v) is 13.2. The molecule has 3 nitrogen and oxygen atoms in total. The highest BCUT2D eigenvalue weighted by Gasteiger charge is 2.20. The number of anilines is 1. The number of hydrogen-bond acceptors (Lipinski definition) is 2. The summed E-state index contributed by atoms with van der Waals surface area (Å²) in [4.78, 5) is 13.6. The number of halogens is 1. The third-order valence-corrected chi connectivity index (χ3v) is 4.26. The van der Waals surface area contributed by atoms with E-state index in [2.05, 4.69) is 12.2 Å². The largest absolute Gasteiger partial charge is 0.383 e. The first-order valence-electron chi connectivity index (χ1n) is 7.25. The Balaban J connectivity index is 2.04. The quantitative estimate of drug-likeness (QED) is 0.889. The first-order valence-corrected chi connectivity index (χ1v) is 7.63. The Bertz CT molecular complexity index is 483. The minimum atomic E-state index is -0.0645. The number of rotatable bonds is 5. The van der Waals surface area contributed by atoms with Gasteiger partial charge in [0.05, 0.1) is 10.6 Å². The maximum Gasteiger partial charge on any atom is 0.254 e. The summed E-state index contributed by atoms with van der Waals surface area (Å²) in [7, 11) is 3.47. The van der Waals surface area contributed by atoms with Gasteiger partial charge in [-0.2, -0.15) is 0 Å².